The molecule has 6 nitrogen and oxygen atoms in total. The minimum atomic E-state index is 0.199. The fourth-order valence-electron chi connectivity index (χ4n) is 2.48. The smallest absolute Gasteiger partial charge is 0.0701 e. The summed E-state index contributed by atoms with van der Waals surface area (Å²) in [6.45, 7) is 10.3. The van der Waals surface area contributed by atoms with Crippen molar-refractivity contribution in [3.8, 4) is 0 Å². The summed E-state index contributed by atoms with van der Waals surface area (Å²) in [5, 5.41) is 8.77. The largest absolute Gasteiger partial charge is 0.395 e. The van der Waals surface area contributed by atoms with Gasteiger partial charge in [0.2, 0.25) is 0 Å². The summed E-state index contributed by atoms with van der Waals surface area (Å²) in [5.74, 6) is 0. The molecule has 1 fully saturated rings. The van der Waals surface area contributed by atoms with E-state index in [9.17, 15) is 0 Å². The van der Waals surface area contributed by atoms with Gasteiger partial charge in [-0.1, -0.05) is 0 Å². The molecule has 1 N–H and O–H groups in total. The molecule has 0 bridgehead atoms. The van der Waals surface area contributed by atoms with Gasteiger partial charge in [-0.25, -0.2) is 0 Å². The van der Waals surface area contributed by atoms with E-state index in [0.717, 1.165) is 26.2 Å². The molecule has 0 amide bonds. The molecular formula is C16H35N3O3. The molecule has 1 aliphatic rings. The third-order valence-electron chi connectivity index (χ3n) is 4.09. The van der Waals surface area contributed by atoms with Crippen LogP contribution >= 0.6 is 0 Å². The van der Waals surface area contributed by atoms with Crippen molar-refractivity contribution in [1.82, 2.24) is 14.7 Å². The van der Waals surface area contributed by atoms with E-state index in [0.29, 0.717) is 26.4 Å². The van der Waals surface area contributed by atoms with Gasteiger partial charge in [-0.2, -0.15) is 0 Å². The predicted molar refractivity (Wildman–Crippen MR) is 89.4 cm³/mol. The fraction of sp³-hybridized carbons (Fsp3) is 1.00. The molecule has 1 heterocycles. The maximum Gasteiger partial charge on any atom is 0.0701 e. The first-order valence-corrected chi connectivity index (χ1v) is 8.58. The van der Waals surface area contributed by atoms with Gasteiger partial charge in [0, 0.05) is 32.7 Å². The minimum absolute atomic E-state index is 0.199. The van der Waals surface area contributed by atoms with Crippen LogP contribution < -0.4 is 0 Å². The zero-order valence-electron chi connectivity index (χ0n) is 14.5. The molecule has 0 atom stereocenters. The normalized spacial score (nSPS) is 16.2. The van der Waals surface area contributed by atoms with Gasteiger partial charge in [-0.05, 0) is 40.0 Å². The van der Waals surface area contributed by atoms with Crippen molar-refractivity contribution in [2.45, 2.75) is 12.8 Å². The number of aliphatic hydroxyl groups excluding tert-OH is 1. The SMILES string of the molecule is CN(CCO)CCOCCOCCN(C)CCN1CCCC1. The maximum atomic E-state index is 8.77. The third-order valence-corrected chi connectivity index (χ3v) is 4.09. The minimum Gasteiger partial charge on any atom is -0.395 e. The number of aliphatic hydroxyl groups is 1. The summed E-state index contributed by atoms with van der Waals surface area (Å²) in [5.41, 5.74) is 0. The first kappa shape index (κ1) is 19.8. The van der Waals surface area contributed by atoms with Crippen LogP contribution in [0.15, 0.2) is 0 Å². The van der Waals surface area contributed by atoms with Crippen LogP contribution in [0.3, 0.4) is 0 Å². The first-order chi connectivity index (χ1) is 10.7. The first-order valence-electron chi connectivity index (χ1n) is 8.58. The zero-order chi connectivity index (χ0) is 16.0. The number of nitrogens with zero attached hydrogens (tertiary/aromatic N) is 3. The molecule has 1 rings (SSSR count). The van der Waals surface area contributed by atoms with E-state index in [1.165, 1.54) is 32.5 Å². The molecule has 0 aromatic carbocycles. The molecule has 0 unspecified atom stereocenters. The van der Waals surface area contributed by atoms with Crippen LogP contribution in [-0.2, 0) is 9.47 Å². The molecule has 22 heavy (non-hydrogen) atoms. The van der Waals surface area contributed by atoms with Crippen molar-refractivity contribution in [2.75, 3.05) is 92.9 Å². The lowest BCUT2D eigenvalue weighted by atomic mass is 10.4. The van der Waals surface area contributed by atoms with Crippen LogP contribution in [0.2, 0.25) is 0 Å². The number of likely N-dealkylation sites (N-methyl/N-ethyl adjacent to an activating group) is 2. The van der Waals surface area contributed by atoms with Crippen LogP contribution in [0.5, 0.6) is 0 Å². The Balaban J connectivity index is 1.80. The Labute approximate surface area is 136 Å². The molecule has 0 radical (unpaired) electrons. The molecule has 132 valence electrons. The number of ether oxygens (including phenoxy) is 2. The van der Waals surface area contributed by atoms with E-state index >= 15 is 0 Å². The molecule has 6 heteroatoms. The lowest BCUT2D eigenvalue weighted by Crippen LogP contribution is -2.33. The highest BCUT2D eigenvalue weighted by Gasteiger charge is 2.11. The van der Waals surface area contributed by atoms with E-state index < -0.39 is 0 Å². The quantitative estimate of drug-likeness (QED) is 0.454. The highest BCUT2D eigenvalue weighted by molar-refractivity contribution is 4.67. The van der Waals surface area contributed by atoms with Gasteiger partial charge < -0.3 is 29.3 Å². The molecule has 0 spiro atoms. The summed E-state index contributed by atoms with van der Waals surface area (Å²) in [4.78, 5) is 6.93. The summed E-state index contributed by atoms with van der Waals surface area (Å²) in [6.07, 6.45) is 2.73. The maximum absolute atomic E-state index is 8.77. The van der Waals surface area contributed by atoms with Crippen LogP contribution in [0.25, 0.3) is 0 Å². The molecule has 0 aliphatic carbocycles. The summed E-state index contributed by atoms with van der Waals surface area (Å²) in [6, 6.07) is 0. The van der Waals surface area contributed by atoms with Crippen molar-refractivity contribution in [1.29, 1.82) is 0 Å². The van der Waals surface area contributed by atoms with Crippen LogP contribution in [0.1, 0.15) is 12.8 Å². The van der Waals surface area contributed by atoms with E-state index in [2.05, 4.69) is 21.7 Å². The predicted octanol–water partition coefficient (Wildman–Crippen LogP) is -0.0287. The van der Waals surface area contributed by atoms with Gasteiger partial charge >= 0.3 is 0 Å². The zero-order valence-corrected chi connectivity index (χ0v) is 14.5. The van der Waals surface area contributed by atoms with Crippen molar-refractivity contribution in [3.05, 3.63) is 0 Å². The Morgan fingerprint density at radius 1 is 0.818 bits per heavy atom. The van der Waals surface area contributed by atoms with E-state index in [1.54, 1.807) is 0 Å². The van der Waals surface area contributed by atoms with Gasteiger partial charge in [-0.15, -0.1) is 0 Å². The summed E-state index contributed by atoms with van der Waals surface area (Å²) >= 11 is 0. The van der Waals surface area contributed by atoms with Gasteiger partial charge in [0.05, 0.1) is 33.0 Å². The Morgan fingerprint density at radius 2 is 1.36 bits per heavy atom. The van der Waals surface area contributed by atoms with Crippen molar-refractivity contribution in [3.63, 3.8) is 0 Å². The summed E-state index contributed by atoms with van der Waals surface area (Å²) in [7, 11) is 4.14. The second-order valence-electron chi connectivity index (χ2n) is 6.10. The highest BCUT2D eigenvalue weighted by Crippen LogP contribution is 2.06. The summed E-state index contributed by atoms with van der Waals surface area (Å²) < 4.78 is 11.1. The van der Waals surface area contributed by atoms with Gasteiger partial charge in [0.1, 0.15) is 0 Å². The van der Waals surface area contributed by atoms with Crippen molar-refractivity contribution < 1.29 is 14.6 Å². The fourth-order valence-corrected chi connectivity index (χ4v) is 2.48. The van der Waals surface area contributed by atoms with Crippen molar-refractivity contribution >= 4 is 0 Å². The second kappa shape index (κ2) is 13.2. The lowest BCUT2D eigenvalue weighted by Gasteiger charge is -2.21. The van der Waals surface area contributed by atoms with Gasteiger partial charge in [0.25, 0.3) is 0 Å². The van der Waals surface area contributed by atoms with Crippen molar-refractivity contribution in [2.24, 2.45) is 0 Å². The monoisotopic (exact) mass is 317 g/mol. The van der Waals surface area contributed by atoms with E-state index in [1.807, 2.05) is 7.05 Å². The molecule has 1 saturated heterocycles. The van der Waals surface area contributed by atoms with Crippen LogP contribution in [-0.4, -0.2) is 113 Å². The lowest BCUT2D eigenvalue weighted by molar-refractivity contribution is 0.0335. The third kappa shape index (κ3) is 10.5. The molecule has 1 aliphatic heterocycles. The van der Waals surface area contributed by atoms with Crippen LogP contribution in [0.4, 0.5) is 0 Å². The molecule has 0 saturated carbocycles. The van der Waals surface area contributed by atoms with Crippen LogP contribution in [0, 0.1) is 0 Å². The number of likely N-dealkylation sites (tertiary alicyclic amines) is 1. The topological polar surface area (TPSA) is 48.4 Å². The average molecular weight is 317 g/mol. The highest BCUT2D eigenvalue weighted by atomic mass is 16.5. The molecule has 0 aromatic rings. The molecule has 0 aromatic heterocycles. The Kier molecular flexibility index (Phi) is 11.9. The van der Waals surface area contributed by atoms with E-state index in [-0.39, 0.29) is 6.61 Å². The number of hydrogen-bond acceptors (Lipinski definition) is 6. The number of hydrogen-bond donors (Lipinski definition) is 1. The Morgan fingerprint density at radius 3 is 1.91 bits per heavy atom. The van der Waals surface area contributed by atoms with Gasteiger partial charge in [-0.3, -0.25) is 0 Å². The molecular weight excluding hydrogens is 282 g/mol. The number of rotatable bonds is 14. The standard InChI is InChI=1S/C16H35N3O3/c1-17(7-8-19-5-3-4-6-19)10-13-21-15-16-22-14-11-18(2)9-12-20/h20H,3-16H2,1-2H3. The Bertz CT molecular complexity index is 251. The Hall–Kier alpha value is -0.240. The van der Waals surface area contributed by atoms with Gasteiger partial charge in [0.15, 0.2) is 0 Å². The average Bonchev–Trinajstić information content (AvgIpc) is 3.01. The second-order valence-corrected chi connectivity index (χ2v) is 6.10. The van der Waals surface area contributed by atoms with E-state index in [4.69, 9.17) is 14.6 Å².